The van der Waals surface area contributed by atoms with Crippen molar-refractivity contribution in [3.63, 3.8) is 0 Å². The van der Waals surface area contributed by atoms with Crippen LogP contribution < -0.4 is 10.5 Å². The van der Waals surface area contributed by atoms with Gasteiger partial charge >= 0.3 is 5.97 Å². The van der Waals surface area contributed by atoms with E-state index in [4.69, 9.17) is 15.2 Å². The number of aryl methyl sites for hydroxylation is 1. The molecular weight excluding hydrogens is 314 g/mol. The number of ether oxygens (including phenoxy) is 2. The Morgan fingerprint density at radius 3 is 2.96 bits per heavy atom. The number of fused-ring (bicyclic) bond motifs is 1. The molecule has 1 unspecified atom stereocenters. The fraction of sp³-hybridized carbons (Fsp3) is 0.188. The highest BCUT2D eigenvalue weighted by Gasteiger charge is 2.37. The Morgan fingerprint density at radius 1 is 1.57 bits per heavy atom. The fourth-order valence-corrected chi connectivity index (χ4v) is 3.81. The maximum absolute atomic E-state index is 12.0. The third kappa shape index (κ3) is 2.33. The Kier molecular flexibility index (Phi) is 3.76. The van der Waals surface area contributed by atoms with E-state index in [0.717, 1.165) is 15.3 Å². The van der Waals surface area contributed by atoms with Crippen LogP contribution >= 0.6 is 11.3 Å². The zero-order valence-electron chi connectivity index (χ0n) is 12.5. The van der Waals surface area contributed by atoms with E-state index in [1.165, 1.54) is 18.4 Å². The van der Waals surface area contributed by atoms with Gasteiger partial charge in [-0.3, -0.25) is 4.98 Å². The number of hydrogen-bond acceptors (Lipinski definition) is 7. The number of carbonyl (C=O) groups excluding carboxylic acids is 1. The molecule has 0 bridgehead atoms. The minimum Gasteiger partial charge on any atom is -0.465 e. The van der Waals surface area contributed by atoms with Crippen LogP contribution in [0.15, 0.2) is 36.0 Å². The van der Waals surface area contributed by atoms with Crippen LogP contribution in [0.5, 0.6) is 5.75 Å². The fourth-order valence-electron chi connectivity index (χ4n) is 2.60. The Balaban J connectivity index is 2.25. The van der Waals surface area contributed by atoms with Gasteiger partial charge in [0.05, 0.1) is 17.9 Å². The van der Waals surface area contributed by atoms with Gasteiger partial charge in [-0.1, -0.05) is 6.07 Å². The SMILES string of the molecule is COC(=O)c1c(C)sc2c1OC(N)=C(C#N)C2c1cccnc1. The molecule has 3 rings (SSSR count). The number of rotatable bonds is 2. The highest BCUT2D eigenvalue weighted by Crippen LogP contribution is 2.49. The topological polar surface area (TPSA) is 98.2 Å². The van der Waals surface area contributed by atoms with Gasteiger partial charge in [-0.2, -0.15) is 5.26 Å². The van der Waals surface area contributed by atoms with Crippen LogP contribution in [0.4, 0.5) is 0 Å². The van der Waals surface area contributed by atoms with Gasteiger partial charge in [-0.15, -0.1) is 11.3 Å². The lowest BCUT2D eigenvalue weighted by Gasteiger charge is -2.23. The quantitative estimate of drug-likeness (QED) is 0.851. The van der Waals surface area contributed by atoms with E-state index >= 15 is 0 Å². The molecule has 3 heterocycles. The normalized spacial score (nSPS) is 16.3. The first-order valence-electron chi connectivity index (χ1n) is 6.77. The second kappa shape index (κ2) is 5.74. The molecule has 0 saturated carbocycles. The average Bonchev–Trinajstić information content (AvgIpc) is 2.89. The smallest absolute Gasteiger partial charge is 0.342 e. The van der Waals surface area contributed by atoms with E-state index in [2.05, 4.69) is 11.1 Å². The van der Waals surface area contributed by atoms with Gasteiger partial charge in [0.2, 0.25) is 5.88 Å². The predicted octanol–water partition coefficient (Wildman–Crippen LogP) is 2.46. The summed E-state index contributed by atoms with van der Waals surface area (Å²) < 4.78 is 10.4. The molecule has 0 fully saturated rings. The van der Waals surface area contributed by atoms with E-state index in [1.807, 2.05) is 6.07 Å². The third-order valence-electron chi connectivity index (χ3n) is 3.62. The summed E-state index contributed by atoms with van der Waals surface area (Å²) in [6.07, 6.45) is 3.33. The first kappa shape index (κ1) is 15.1. The van der Waals surface area contributed by atoms with E-state index < -0.39 is 11.9 Å². The number of carbonyl (C=O) groups is 1. The lowest BCUT2D eigenvalue weighted by molar-refractivity contribution is 0.0597. The van der Waals surface area contributed by atoms with Crippen LogP contribution in [0.1, 0.15) is 31.6 Å². The molecule has 2 aromatic rings. The molecule has 1 aliphatic heterocycles. The van der Waals surface area contributed by atoms with Crippen LogP contribution in [0.25, 0.3) is 0 Å². The van der Waals surface area contributed by atoms with Crippen LogP contribution in [0.3, 0.4) is 0 Å². The molecule has 7 heteroatoms. The third-order valence-corrected chi connectivity index (χ3v) is 4.77. The molecule has 116 valence electrons. The molecule has 23 heavy (non-hydrogen) atoms. The van der Waals surface area contributed by atoms with Gasteiger partial charge in [-0.05, 0) is 18.6 Å². The van der Waals surface area contributed by atoms with Crippen molar-refractivity contribution in [2.24, 2.45) is 5.73 Å². The highest BCUT2D eigenvalue weighted by molar-refractivity contribution is 7.12. The number of nitrogens with zero attached hydrogens (tertiary/aromatic N) is 2. The summed E-state index contributed by atoms with van der Waals surface area (Å²) in [5.74, 6) is -0.529. The zero-order valence-corrected chi connectivity index (χ0v) is 13.3. The second-order valence-corrected chi connectivity index (χ2v) is 6.19. The number of esters is 1. The van der Waals surface area contributed by atoms with E-state index in [1.54, 1.807) is 25.4 Å². The highest BCUT2D eigenvalue weighted by atomic mass is 32.1. The molecule has 0 amide bonds. The van der Waals surface area contributed by atoms with Crippen molar-refractivity contribution in [1.29, 1.82) is 5.26 Å². The Morgan fingerprint density at radius 2 is 2.35 bits per heavy atom. The molecule has 2 aromatic heterocycles. The Labute approximate surface area is 136 Å². The molecule has 0 radical (unpaired) electrons. The summed E-state index contributed by atoms with van der Waals surface area (Å²) in [7, 11) is 1.31. The molecule has 2 N–H and O–H groups in total. The van der Waals surface area contributed by atoms with Crippen LogP contribution in [-0.4, -0.2) is 18.1 Å². The standard InChI is InChI=1S/C16H13N3O3S/c1-8-11(16(20)21-2)13-14(23-8)12(9-4-3-5-19-7-9)10(6-17)15(18)22-13/h3-5,7,12H,18H2,1-2H3. The number of methoxy groups -OCH3 is 1. The summed E-state index contributed by atoms with van der Waals surface area (Å²) in [6, 6.07) is 5.76. The Bertz CT molecular complexity index is 849. The van der Waals surface area contributed by atoms with Gasteiger partial charge in [0.1, 0.15) is 17.2 Å². The number of allylic oxidation sites excluding steroid dienone is 1. The van der Waals surface area contributed by atoms with E-state index in [-0.39, 0.29) is 5.88 Å². The van der Waals surface area contributed by atoms with Gasteiger partial charge in [-0.25, -0.2) is 4.79 Å². The predicted molar refractivity (Wildman–Crippen MR) is 83.9 cm³/mol. The average molecular weight is 327 g/mol. The molecule has 1 aliphatic rings. The van der Waals surface area contributed by atoms with Gasteiger partial charge in [0.15, 0.2) is 5.75 Å². The van der Waals surface area contributed by atoms with Gasteiger partial charge in [0.25, 0.3) is 0 Å². The number of pyridine rings is 1. The first-order valence-corrected chi connectivity index (χ1v) is 7.59. The van der Waals surface area contributed by atoms with E-state index in [9.17, 15) is 10.1 Å². The number of nitrogens with two attached hydrogens (primary N) is 1. The summed E-state index contributed by atoms with van der Waals surface area (Å²) in [6.45, 7) is 1.81. The van der Waals surface area contributed by atoms with Crippen molar-refractivity contribution < 1.29 is 14.3 Å². The van der Waals surface area contributed by atoms with Crippen molar-refractivity contribution in [3.05, 3.63) is 56.9 Å². The van der Waals surface area contributed by atoms with E-state index in [0.29, 0.717) is 16.9 Å². The van der Waals surface area contributed by atoms with Crippen LogP contribution in [0.2, 0.25) is 0 Å². The summed E-state index contributed by atoms with van der Waals surface area (Å²) in [5.41, 5.74) is 7.39. The molecule has 0 aliphatic carbocycles. The van der Waals surface area contributed by atoms with Gasteiger partial charge < -0.3 is 15.2 Å². The number of aromatic nitrogens is 1. The van der Waals surface area contributed by atoms with Crippen LogP contribution in [0, 0.1) is 18.3 Å². The zero-order chi connectivity index (χ0) is 16.6. The molecular formula is C16H13N3O3S. The minimum absolute atomic E-state index is 0.00296. The lowest BCUT2D eigenvalue weighted by atomic mass is 9.89. The van der Waals surface area contributed by atoms with Crippen molar-refractivity contribution >= 4 is 17.3 Å². The van der Waals surface area contributed by atoms with Crippen molar-refractivity contribution in [1.82, 2.24) is 4.98 Å². The molecule has 6 nitrogen and oxygen atoms in total. The second-order valence-electron chi connectivity index (χ2n) is 4.93. The molecule has 1 atom stereocenters. The van der Waals surface area contributed by atoms with Crippen molar-refractivity contribution in [2.45, 2.75) is 12.8 Å². The van der Waals surface area contributed by atoms with Gasteiger partial charge in [0, 0.05) is 17.3 Å². The Hall–Kier alpha value is -2.85. The monoisotopic (exact) mass is 327 g/mol. The number of thiophene rings is 1. The largest absolute Gasteiger partial charge is 0.465 e. The number of nitriles is 1. The van der Waals surface area contributed by atoms with Crippen molar-refractivity contribution in [3.8, 4) is 11.8 Å². The van der Waals surface area contributed by atoms with Crippen LogP contribution in [-0.2, 0) is 4.74 Å². The molecule has 0 saturated heterocycles. The lowest BCUT2D eigenvalue weighted by Crippen LogP contribution is -2.21. The van der Waals surface area contributed by atoms with Crippen molar-refractivity contribution in [2.75, 3.05) is 7.11 Å². The summed E-state index contributed by atoms with van der Waals surface area (Å²) in [5, 5.41) is 9.47. The molecule has 0 aromatic carbocycles. The maximum Gasteiger partial charge on any atom is 0.342 e. The number of hydrogen-bond donors (Lipinski definition) is 1. The maximum atomic E-state index is 12.0. The summed E-state index contributed by atoms with van der Waals surface area (Å²) >= 11 is 1.39. The summed E-state index contributed by atoms with van der Waals surface area (Å²) in [4.78, 5) is 17.6. The molecule has 0 spiro atoms. The first-order chi connectivity index (χ1) is 11.1. The minimum atomic E-state index is -0.488.